The van der Waals surface area contributed by atoms with E-state index in [9.17, 15) is 9.59 Å². The molecule has 4 N–H and O–H groups in total. The molecule has 0 rings (SSSR count). The zero-order valence-corrected chi connectivity index (χ0v) is 32.2. The van der Waals surface area contributed by atoms with E-state index in [0.717, 1.165) is 25.7 Å². The standard InChI is InChI=1S/C36H72N2O2S4/c1-3-5-7-9-11-13-15-17-19-21-23-25-27-29-31-33(35(37)39)41-43-44-42-34(36(38)40)32-30-28-26-24-22-20-18-16-14-12-10-8-6-4-2/h33-34H,3-32H2,1-2H3,(H2,37,39)(H2,38,40). The summed E-state index contributed by atoms with van der Waals surface area (Å²) in [4.78, 5) is 23.9. The first-order valence-electron chi connectivity index (χ1n) is 18.8. The summed E-state index contributed by atoms with van der Waals surface area (Å²) in [7, 11) is 6.24. The van der Waals surface area contributed by atoms with E-state index in [1.165, 1.54) is 167 Å². The van der Waals surface area contributed by atoms with Crippen LogP contribution in [0.3, 0.4) is 0 Å². The maximum atomic E-state index is 12.0. The number of unbranched alkanes of at least 4 members (excludes halogenated alkanes) is 26. The van der Waals surface area contributed by atoms with Crippen LogP contribution in [0, 0.1) is 0 Å². The Hall–Kier alpha value is 0.340. The number of nitrogens with two attached hydrogens (primary N) is 2. The molecule has 0 aromatic heterocycles. The van der Waals surface area contributed by atoms with Crippen LogP contribution in [-0.2, 0) is 9.59 Å². The Balaban J connectivity index is 3.71. The van der Waals surface area contributed by atoms with Crippen LogP contribution in [0.25, 0.3) is 0 Å². The van der Waals surface area contributed by atoms with Crippen molar-refractivity contribution in [2.75, 3.05) is 0 Å². The molecule has 2 atom stereocenters. The van der Waals surface area contributed by atoms with Crippen molar-refractivity contribution in [2.45, 2.75) is 217 Å². The molecule has 2 amide bonds. The summed E-state index contributed by atoms with van der Waals surface area (Å²) in [6.45, 7) is 4.55. The molecule has 2 unspecified atom stereocenters. The Morgan fingerprint density at radius 2 is 0.591 bits per heavy atom. The van der Waals surface area contributed by atoms with Gasteiger partial charge in [-0.1, -0.05) is 215 Å². The number of rotatable bonds is 37. The first-order valence-corrected chi connectivity index (χ1v) is 23.7. The lowest BCUT2D eigenvalue weighted by Crippen LogP contribution is -2.25. The topological polar surface area (TPSA) is 86.2 Å². The molecular weight excluding hydrogens is 621 g/mol. The second-order valence-electron chi connectivity index (χ2n) is 12.9. The molecule has 0 aromatic carbocycles. The molecule has 8 heteroatoms. The molecule has 0 saturated heterocycles. The van der Waals surface area contributed by atoms with Gasteiger partial charge in [0.25, 0.3) is 0 Å². The van der Waals surface area contributed by atoms with Crippen molar-refractivity contribution >= 4 is 53.1 Å². The van der Waals surface area contributed by atoms with Crippen molar-refractivity contribution in [3.05, 3.63) is 0 Å². The van der Waals surface area contributed by atoms with Gasteiger partial charge < -0.3 is 11.5 Å². The highest BCUT2D eigenvalue weighted by Crippen LogP contribution is 2.48. The summed E-state index contributed by atoms with van der Waals surface area (Å²) in [5.74, 6) is -0.451. The third kappa shape index (κ3) is 32.3. The summed E-state index contributed by atoms with van der Waals surface area (Å²) in [6, 6.07) is 0. The second kappa shape index (κ2) is 36.2. The lowest BCUT2D eigenvalue weighted by molar-refractivity contribution is -0.118. The van der Waals surface area contributed by atoms with Gasteiger partial charge in [-0.25, -0.2) is 0 Å². The van der Waals surface area contributed by atoms with E-state index in [1.54, 1.807) is 41.2 Å². The van der Waals surface area contributed by atoms with Gasteiger partial charge in [0.1, 0.15) is 0 Å². The third-order valence-corrected chi connectivity index (χ3v) is 15.7. The highest BCUT2D eigenvalue weighted by Gasteiger charge is 2.19. The van der Waals surface area contributed by atoms with Crippen LogP contribution in [0.4, 0.5) is 0 Å². The van der Waals surface area contributed by atoms with Crippen LogP contribution in [-0.4, -0.2) is 22.3 Å². The minimum absolute atomic E-state index is 0.164. The van der Waals surface area contributed by atoms with Crippen LogP contribution >= 0.6 is 41.2 Å². The highest BCUT2D eigenvalue weighted by molar-refractivity contribution is 9.26. The van der Waals surface area contributed by atoms with E-state index in [1.807, 2.05) is 0 Å². The largest absolute Gasteiger partial charge is 0.369 e. The van der Waals surface area contributed by atoms with Crippen molar-refractivity contribution in [1.82, 2.24) is 0 Å². The first-order chi connectivity index (χ1) is 21.5. The van der Waals surface area contributed by atoms with E-state index in [-0.39, 0.29) is 22.3 Å². The molecule has 0 heterocycles. The van der Waals surface area contributed by atoms with Crippen molar-refractivity contribution in [3.8, 4) is 0 Å². The van der Waals surface area contributed by atoms with Gasteiger partial charge in [0.05, 0.1) is 10.5 Å². The minimum atomic E-state index is -0.225. The molecule has 0 bridgehead atoms. The Morgan fingerprint density at radius 3 is 0.795 bits per heavy atom. The Kier molecular flexibility index (Phi) is 36.5. The maximum Gasteiger partial charge on any atom is 0.231 e. The number of primary amides is 2. The molecule has 44 heavy (non-hydrogen) atoms. The summed E-state index contributed by atoms with van der Waals surface area (Å²) >= 11 is 0. The van der Waals surface area contributed by atoms with Gasteiger partial charge in [0, 0.05) is 0 Å². The molecule has 0 aliphatic carbocycles. The summed E-state index contributed by atoms with van der Waals surface area (Å²) in [5.41, 5.74) is 11.4. The predicted molar refractivity (Wildman–Crippen MR) is 206 cm³/mol. The van der Waals surface area contributed by atoms with Gasteiger partial charge in [0.15, 0.2) is 0 Å². The summed E-state index contributed by atoms with van der Waals surface area (Å²) in [5, 5.41) is -0.327. The SMILES string of the molecule is CCCCCCCCCCCCCCCCC(SSSSC(CCCCCCCCCCCCCCCC)C(N)=O)C(N)=O. The molecule has 0 fully saturated rings. The minimum Gasteiger partial charge on any atom is -0.369 e. The van der Waals surface area contributed by atoms with E-state index in [4.69, 9.17) is 11.5 Å². The van der Waals surface area contributed by atoms with Crippen molar-refractivity contribution in [1.29, 1.82) is 0 Å². The van der Waals surface area contributed by atoms with Crippen LogP contribution in [0.15, 0.2) is 0 Å². The van der Waals surface area contributed by atoms with E-state index in [0.29, 0.717) is 0 Å². The van der Waals surface area contributed by atoms with Crippen LogP contribution in [0.5, 0.6) is 0 Å². The average molecular weight is 693 g/mol. The van der Waals surface area contributed by atoms with Crippen molar-refractivity contribution < 1.29 is 9.59 Å². The van der Waals surface area contributed by atoms with E-state index in [2.05, 4.69) is 13.8 Å². The number of carbonyl (C=O) groups excluding carboxylic acids is 2. The smallest absolute Gasteiger partial charge is 0.231 e. The second-order valence-corrected chi connectivity index (χ2v) is 19.1. The first kappa shape index (κ1) is 44.3. The number of amides is 2. The van der Waals surface area contributed by atoms with E-state index >= 15 is 0 Å². The molecule has 0 spiro atoms. The van der Waals surface area contributed by atoms with Crippen LogP contribution in [0.1, 0.15) is 206 Å². The molecule has 0 aromatic rings. The van der Waals surface area contributed by atoms with E-state index < -0.39 is 0 Å². The van der Waals surface area contributed by atoms with Crippen LogP contribution in [0.2, 0.25) is 0 Å². The molecule has 0 aliphatic heterocycles. The fourth-order valence-electron chi connectivity index (χ4n) is 5.65. The number of hydrogen-bond donors (Lipinski definition) is 2. The zero-order valence-electron chi connectivity index (χ0n) is 29.0. The van der Waals surface area contributed by atoms with Gasteiger partial charge in [-0.2, -0.15) is 0 Å². The summed E-state index contributed by atoms with van der Waals surface area (Å²) in [6.07, 6.45) is 39.0. The van der Waals surface area contributed by atoms with Gasteiger partial charge in [-0.3, -0.25) is 9.59 Å². The molecule has 4 nitrogen and oxygen atoms in total. The fourth-order valence-corrected chi connectivity index (χ4v) is 12.5. The monoisotopic (exact) mass is 692 g/mol. The molecule has 0 saturated carbocycles. The lowest BCUT2D eigenvalue weighted by atomic mass is 10.0. The van der Waals surface area contributed by atoms with Crippen molar-refractivity contribution in [3.63, 3.8) is 0 Å². The number of carbonyl (C=O) groups is 2. The average Bonchev–Trinajstić information content (AvgIpc) is 3.00. The van der Waals surface area contributed by atoms with Gasteiger partial charge in [-0.15, -0.1) is 0 Å². The normalized spacial score (nSPS) is 12.9. The van der Waals surface area contributed by atoms with Gasteiger partial charge in [0.2, 0.25) is 11.8 Å². The van der Waals surface area contributed by atoms with Crippen molar-refractivity contribution in [2.24, 2.45) is 11.5 Å². The van der Waals surface area contributed by atoms with Gasteiger partial charge >= 0.3 is 0 Å². The number of hydrogen-bond acceptors (Lipinski definition) is 6. The molecule has 262 valence electrons. The molecule has 0 aliphatic rings. The third-order valence-electron chi connectivity index (χ3n) is 8.61. The predicted octanol–water partition coefficient (Wildman–Crippen LogP) is 13.1. The fraction of sp³-hybridized carbons (Fsp3) is 0.944. The highest BCUT2D eigenvalue weighted by atomic mass is 33.7. The lowest BCUT2D eigenvalue weighted by Gasteiger charge is -2.14. The maximum absolute atomic E-state index is 12.0. The summed E-state index contributed by atoms with van der Waals surface area (Å²) < 4.78 is 0. The Morgan fingerprint density at radius 1 is 0.386 bits per heavy atom. The molecular formula is C36H72N2O2S4. The van der Waals surface area contributed by atoms with Crippen LogP contribution < -0.4 is 11.5 Å². The quantitative estimate of drug-likeness (QED) is 0.0498. The Bertz CT molecular complexity index is 575. The van der Waals surface area contributed by atoms with Gasteiger partial charge in [-0.05, 0) is 32.5 Å². The zero-order chi connectivity index (χ0) is 32.4. The molecule has 0 radical (unpaired) electrons. The Labute approximate surface area is 289 Å².